The van der Waals surface area contributed by atoms with Crippen molar-refractivity contribution in [1.82, 2.24) is 10.3 Å². The smallest absolute Gasteiger partial charge is 0.198 e. The highest BCUT2D eigenvalue weighted by molar-refractivity contribution is 5.80. The molecule has 1 atom stereocenters. The Balaban J connectivity index is 1.74. The third kappa shape index (κ3) is 3.25. The average Bonchev–Trinajstić information content (AvgIpc) is 3.15. The molecule has 1 aliphatic rings. The van der Waals surface area contributed by atoms with Crippen LogP contribution in [0.5, 0.6) is 5.75 Å². The van der Waals surface area contributed by atoms with Crippen LogP contribution in [0.2, 0.25) is 0 Å². The van der Waals surface area contributed by atoms with Gasteiger partial charge < -0.3 is 19.2 Å². The molecular formula is C17H24N2O3. The second-order valence-electron chi connectivity index (χ2n) is 6.12. The molecule has 2 aromatic rings. The number of hydrogen-bond acceptors (Lipinski definition) is 5. The number of hydrogen-bond donors (Lipinski definition) is 1. The molecule has 0 saturated carbocycles. The Morgan fingerprint density at radius 2 is 2.27 bits per heavy atom. The van der Waals surface area contributed by atoms with Gasteiger partial charge in [0, 0.05) is 25.6 Å². The maximum Gasteiger partial charge on any atom is 0.198 e. The summed E-state index contributed by atoms with van der Waals surface area (Å²) in [4.78, 5) is 4.57. The summed E-state index contributed by atoms with van der Waals surface area (Å²) < 4.78 is 16.9. The van der Waals surface area contributed by atoms with E-state index in [0.29, 0.717) is 6.10 Å². The van der Waals surface area contributed by atoms with Crippen LogP contribution in [0.4, 0.5) is 0 Å². The molecule has 0 unspecified atom stereocenters. The lowest BCUT2D eigenvalue weighted by atomic mass is 10.1. The summed E-state index contributed by atoms with van der Waals surface area (Å²) >= 11 is 0. The van der Waals surface area contributed by atoms with E-state index in [1.807, 2.05) is 6.07 Å². The minimum absolute atomic E-state index is 0.262. The predicted molar refractivity (Wildman–Crippen MR) is 85.3 cm³/mol. The monoisotopic (exact) mass is 304 g/mol. The molecule has 1 fully saturated rings. The predicted octanol–water partition coefficient (Wildman–Crippen LogP) is 3.23. The zero-order valence-corrected chi connectivity index (χ0v) is 13.5. The molecule has 0 spiro atoms. The molecule has 120 valence electrons. The van der Waals surface area contributed by atoms with Crippen molar-refractivity contribution in [2.24, 2.45) is 0 Å². The molecule has 0 aliphatic carbocycles. The van der Waals surface area contributed by atoms with Gasteiger partial charge in [-0.05, 0) is 30.5 Å². The lowest BCUT2D eigenvalue weighted by molar-refractivity contribution is 0.110. The summed E-state index contributed by atoms with van der Waals surface area (Å²) in [5, 5.41) is 3.45. The molecule has 1 aromatic heterocycles. The highest BCUT2D eigenvalue weighted by Crippen LogP contribution is 2.30. The minimum atomic E-state index is 0.262. The molecule has 3 rings (SSSR count). The summed E-state index contributed by atoms with van der Waals surface area (Å²) in [6, 6.07) is 4.08. The Kier molecular flexibility index (Phi) is 4.64. The fourth-order valence-corrected chi connectivity index (χ4v) is 2.76. The van der Waals surface area contributed by atoms with Crippen molar-refractivity contribution >= 4 is 11.1 Å². The summed E-state index contributed by atoms with van der Waals surface area (Å²) in [6.45, 7) is 6.69. The van der Waals surface area contributed by atoms with Gasteiger partial charge in [0.05, 0.1) is 13.2 Å². The first-order valence-corrected chi connectivity index (χ1v) is 7.97. The molecule has 1 aromatic carbocycles. The largest absolute Gasteiger partial charge is 0.493 e. The van der Waals surface area contributed by atoms with Crippen LogP contribution in [0.1, 0.15) is 44.1 Å². The number of methoxy groups -OCH3 is 1. The van der Waals surface area contributed by atoms with Crippen molar-refractivity contribution in [2.45, 2.75) is 45.3 Å². The molecule has 22 heavy (non-hydrogen) atoms. The number of benzene rings is 1. The van der Waals surface area contributed by atoms with Crippen molar-refractivity contribution < 1.29 is 13.9 Å². The molecule has 1 aliphatic heterocycles. The first kappa shape index (κ1) is 15.3. The average molecular weight is 304 g/mol. The number of ether oxygens (including phenoxy) is 2. The number of fused-ring (bicyclic) bond motifs is 1. The van der Waals surface area contributed by atoms with E-state index >= 15 is 0 Å². The quantitative estimate of drug-likeness (QED) is 0.888. The minimum Gasteiger partial charge on any atom is -0.493 e. The van der Waals surface area contributed by atoms with Gasteiger partial charge in [-0.3, -0.25) is 0 Å². The normalized spacial score (nSPS) is 18.5. The van der Waals surface area contributed by atoms with E-state index in [-0.39, 0.29) is 5.92 Å². The van der Waals surface area contributed by atoms with Crippen LogP contribution in [-0.4, -0.2) is 31.3 Å². The maximum atomic E-state index is 5.82. The first-order valence-electron chi connectivity index (χ1n) is 7.97. The number of rotatable bonds is 6. The van der Waals surface area contributed by atoms with Gasteiger partial charge in [-0.2, -0.15) is 0 Å². The van der Waals surface area contributed by atoms with E-state index in [4.69, 9.17) is 13.9 Å². The van der Waals surface area contributed by atoms with Crippen LogP contribution >= 0.6 is 0 Å². The van der Waals surface area contributed by atoms with Crippen molar-refractivity contribution in [1.29, 1.82) is 0 Å². The Morgan fingerprint density at radius 1 is 1.41 bits per heavy atom. The number of aromatic nitrogens is 1. The van der Waals surface area contributed by atoms with Gasteiger partial charge >= 0.3 is 0 Å². The van der Waals surface area contributed by atoms with Gasteiger partial charge in [0.15, 0.2) is 17.2 Å². The van der Waals surface area contributed by atoms with Gasteiger partial charge in [-0.1, -0.05) is 13.8 Å². The second-order valence-corrected chi connectivity index (χ2v) is 6.12. The summed E-state index contributed by atoms with van der Waals surface area (Å²) in [7, 11) is 1.66. The van der Waals surface area contributed by atoms with Crippen molar-refractivity contribution in [2.75, 3.05) is 20.3 Å². The molecular weight excluding hydrogens is 280 g/mol. The van der Waals surface area contributed by atoms with Gasteiger partial charge in [-0.25, -0.2) is 4.98 Å². The van der Waals surface area contributed by atoms with Gasteiger partial charge in [0.25, 0.3) is 0 Å². The van der Waals surface area contributed by atoms with Crippen LogP contribution in [0.3, 0.4) is 0 Å². The Labute approximate surface area is 131 Å². The third-order valence-corrected chi connectivity index (χ3v) is 3.97. The van der Waals surface area contributed by atoms with E-state index in [9.17, 15) is 0 Å². The van der Waals surface area contributed by atoms with E-state index in [1.165, 1.54) is 6.42 Å². The van der Waals surface area contributed by atoms with Crippen molar-refractivity contribution in [3.8, 4) is 5.75 Å². The molecule has 5 nitrogen and oxygen atoms in total. The van der Waals surface area contributed by atoms with Crippen LogP contribution in [0.25, 0.3) is 11.1 Å². The summed E-state index contributed by atoms with van der Waals surface area (Å²) in [5.41, 5.74) is 2.73. The molecule has 0 amide bonds. The molecule has 1 N–H and O–H groups in total. The van der Waals surface area contributed by atoms with E-state index in [0.717, 1.165) is 54.4 Å². The van der Waals surface area contributed by atoms with Crippen LogP contribution in [-0.2, 0) is 11.3 Å². The Bertz CT molecular complexity index is 630. The fraction of sp³-hybridized carbons (Fsp3) is 0.588. The van der Waals surface area contributed by atoms with Gasteiger partial charge in [-0.15, -0.1) is 0 Å². The molecule has 2 heterocycles. The number of nitrogens with zero attached hydrogens (tertiary/aromatic N) is 1. The van der Waals surface area contributed by atoms with E-state index in [1.54, 1.807) is 7.11 Å². The highest BCUT2D eigenvalue weighted by atomic mass is 16.5. The van der Waals surface area contributed by atoms with Gasteiger partial charge in [0.2, 0.25) is 0 Å². The molecule has 0 bridgehead atoms. The zero-order chi connectivity index (χ0) is 15.5. The van der Waals surface area contributed by atoms with Crippen molar-refractivity contribution in [3.05, 3.63) is 23.6 Å². The SMILES string of the molecule is COc1cc(CNC[C@H]2CCCO2)cc2nc(C(C)C)oc12. The van der Waals surface area contributed by atoms with E-state index < -0.39 is 0 Å². The van der Waals surface area contributed by atoms with Crippen molar-refractivity contribution in [3.63, 3.8) is 0 Å². The Morgan fingerprint density at radius 3 is 2.95 bits per heavy atom. The Hall–Kier alpha value is -1.59. The third-order valence-electron chi connectivity index (χ3n) is 3.97. The van der Waals surface area contributed by atoms with Crippen LogP contribution in [0, 0.1) is 0 Å². The standard InChI is InChI=1S/C17H24N2O3/c1-11(2)17-19-14-7-12(8-15(20-3)16(14)22-17)9-18-10-13-5-4-6-21-13/h7-8,11,13,18H,4-6,9-10H2,1-3H3/t13-/m1/s1. The zero-order valence-electron chi connectivity index (χ0n) is 13.5. The summed E-state index contributed by atoms with van der Waals surface area (Å²) in [5.74, 6) is 1.75. The highest BCUT2D eigenvalue weighted by Gasteiger charge is 2.16. The molecule has 5 heteroatoms. The number of nitrogens with one attached hydrogen (secondary N) is 1. The second kappa shape index (κ2) is 6.67. The van der Waals surface area contributed by atoms with Gasteiger partial charge in [0.1, 0.15) is 5.52 Å². The van der Waals surface area contributed by atoms with Crippen LogP contribution < -0.4 is 10.1 Å². The first-order chi connectivity index (χ1) is 10.7. The topological polar surface area (TPSA) is 56.5 Å². The van der Waals surface area contributed by atoms with E-state index in [2.05, 4.69) is 30.2 Å². The lowest BCUT2D eigenvalue weighted by Crippen LogP contribution is -2.25. The maximum absolute atomic E-state index is 5.82. The number of oxazole rings is 1. The summed E-state index contributed by atoms with van der Waals surface area (Å²) in [6.07, 6.45) is 2.67. The fourth-order valence-electron chi connectivity index (χ4n) is 2.76. The molecule has 1 saturated heterocycles. The lowest BCUT2D eigenvalue weighted by Gasteiger charge is -2.11. The van der Waals surface area contributed by atoms with Crippen LogP contribution in [0.15, 0.2) is 16.5 Å². The molecule has 0 radical (unpaired) electrons.